The molecule has 0 saturated heterocycles. The second-order valence-electron chi connectivity index (χ2n) is 7.20. The highest BCUT2D eigenvalue weighted by atomic mass is 32.2. The fraction of sp³-hybridized carbons (Fsp3) is 0.0870. The average molecular weight is 449 g/mol. The van der Waals surface area contributed by atoms with E-state index in [9.17, 15) is 13.6 Å². The van der Waals surface area contributed by atoms with Gasteiger partial charge in [0.1, 0.15) is 16.9 Å². The van der Waals surface area contributed by atoms with Crippen LogP contribution >= 0.6 is 11.8 Å². The summed E-state index contributed by atoms with van der Waals surface area (Å²) in [6.07, 6.45) is 0. The molecule has 0 radical (unpaired) electrons. The Labute approximate surface area is 186 Å². The molecule has 6 nitrogen and oxygen atoms in total. The number of nitrogens with zero attached hydrogens (tertiary/aromatic N) is 3. The number of hydrogen-bond donors (Lipinski definition) is 2. The molecule has 0 spiro atoms. The molecular weight excluding hydrogens is 432 g/mol. The summed E-state index contributed by atoms with van der Waals surface area (Å²) in [6, 6.07) is 20.6. The van der Waals surface area contributed by atoms with Crippen molar-refractivity contribution < 1.29 is 13.6 Å². The van der Waals surface area contributed by atoms with Gasteiger partial charge in [-0.1, -0.05) is 54.2 Å². The van der Waals surface area contributed by atoms with E-state index in [1.807, 2.05) is 30.3 Å². The molecule has 160 valence electrons. The van der Waals surface area contributed by atoms with Crippen LogP contribution in [-0.2, 0) is 4.79 Å². The quantitative estimate of drug-likeness (QED) is 0.476. The summed E-state index contributed by atoms with van der Waals surface area (Å²) in [5.41, 5.74) is 5.41. The third-order valence-electron chi connectivity index (χ3n) is 5.07. The third-order valence-corrected chi connectivity index (χ3v) is 6.28. The molecule has 0 aliphatic carbocycles. The van der Waals surface area contributed by atoms with Crippen LogP contribution in [0.5, 0.6) is 0 Å². The van der Waals surface area contributed by atoms with Gasteiger partial charge in [-0.2, -0.15) is 0 Å². The first kappa shape index (κ1) is 20.2. The number of amides is 1. The summed E-state index contributed by atoms with van der Waals surface area (Å²) in [5, 5.41) is 11.3. The minimum atomic E-state index is -0.633. The van der Waals surface area contributed by atoms with Crippen LogP contribution in [0.4, 0.5) is 14.5 Å². The molecular formula is C23H17F2N5OS. The molecule has 0 saturated carbocycles. The summed E-state index contributed by atoms with van der Waals surface area (Å²) in [6.45, 7) is 0. The van der Waals surface area contributed by atoms with Crippen LogP contribution < -0.4 is 10.7 Å². The first-order valence-electron chi connectivity index (χ1n) is 9.84. The van der Waals surface area contributed by atoms with Gasteiger partial charge in [-0.25, -0.2) is 13.5 Å². The number of aromatic nitrogens is 3. The van der Waals surface area contributed by atoms with E-state index in [1.54, 1.807) is 16.8 Å². The van der Waals surface area contributed by atoms with Crippen LogP contribution in [0.1, 0.15) is 11.6 Å². The van der Waals surface area contributed by atoms with Crippen molar-refractivity contribution in [3.8, 4) is 11.4 Å². The predicted molar refractivity (Wildman–Crippen MR) is 119 cm³/mol. The Kier molecular flexibility index (Phi) is 5.32. The van der Waals surface area contributed by atoms with E-state index in [0.29, 0.717) is 16.7 Å². The van der Waals surface area contributed by atoms with Gasteiger partial charge in [0.25, 0.3) is 0 Å². The van der Waals surface area contributed by atoms with Crippen molar-refractivity contribution >= 4 is 23.4 Å². The van der Waals surface area contributed by atoms with Gasteiger partial charge in [0.05, 0.1) is 6.04 Å². The number of halogens is 2. The van der Waals surface area contributed by atoms with Crippen molar-refractivity contribution in [2.45, 2.75) is 16.4 Å². The lowest BCUT2D eigenvalue weighted by atomic mass is 10.0. The SMILES string of the molecule is O=C(Nc1ccc(F)cc1)[C@H]1Sc2nnc(-c3ccccc3)n2N[C@H]1c1ccc(F)cc1. The fourth-order valence-corrected chi connectivity index (χ4v) is 4.58. The Balaban J connectivity index is 1.50. The summed E-state index contributed by atoms with van der Waals surface area (Å²) < 4.78 is 28.5. The molecule has 2 heterocycles. The third kappa shape index (κ3) is 3.94. The van der Waals surface area contributed by atoms with Gasteiger partial charge < -0.3 is 10.7 Å². The number of benzene rings is 3. The van der Waals surface area contributed by atoms with Crippen molar-refractivity contribution in [2.75, 3.05) is 10.7 Å². The van der Waals surface area contributed by atoms with E-state index in [2.05, 4.69) is 20.9 Å². The molecule has 5 rings (SSSR count). The van der Waals surface area contributed by atoms with E-state index in [0.717, 1.165) is 11.1 Å². The number of rotatable bonds is 4. The number of hydrogen-bond acceptors (Lipinski definition) is 5. The van der Waals surface area contributed by atoms with Crippen LogP contribution in [0.15, 0.2) is 84.0 Å². The van der Waals surface area contributed by atoms with Gasteiger partial charge in [-0.3, -0.25) is 4.79 Å². The molecule has 0 fully saturated rings. The zero-order valence-electron chi connectivity index (χ0n) is 16.6. The highest BCUT2D eigenvalue weighted by molar-refractivity contribution is 8.00. The number of carbonyl (C=O) groups excluding carboxylic acids is 1. The molecule has 4 aromatic rings. The number of nitrogens with one attached hydrogen (secondary N) is 2. The van der Waals surface area contributed by atoms with Gasteiger partial charge in [-0.15, -0.1) is 10.2 Å². The molecule has 1 aliphatic rings. The van der Waals surface area contributed by atoms with Crippen molar-refractivity contribution in [1.29, 1.82) is 0 Å². The Morgan fingerprint density at radius 3 is 2.25 bits per heavy atom. The van der Waals surface area contributed by atoms with Crippen LogP contribution in [0.2, 0.25) is 0 Å². The summed E-state index contributed by atoms with van der Waals surface area (Å²) >= 11 is 1.26. The smallest absolute Gasteiger partial charge is 0.240 e. The van der Waals surface area contributed by atoms with Gasteiger partial charge in [0, 0.05) is 11.3 Å². The number of carbonyl (C=O) groups is 1. The Morgan fingerprint density at radius 1 is 0.906 bits per heavy atom. The van der Waals surface area contributed by atoms with Gasteiger partial charge in [-0.05, 0) is 42.0 Å². The van der Waals surface area contributed by atoms with E-state index in [-0.39, 0.29) is 17.5 Å². The molecule has 9 heteroatoms. The maximum atomic E-state index is 13.5. The van der Waals surface area contributed by atoms with Crippen LogP contribution in [-0.4, -0.2) is 26.0 Å². The molecule has 0 bridgehead atoms. The number of fused-ring (bicyclic) bond motifs is 1. The lowest BCUT2D eigenvalue weighted by Gasteiger charge is -2.33. The van der Waals surface area contributed by atoms with E-state index < -0.39 is 11.3 Å². The van der Waals surface area contributed by atoms with Gasteiger partial charge >= 0.3 is 0 Å². The topological polar surface area (TPSA) is 71.8 Å². The molecule has 1 amide bonds. The van der Waals surface area contributed by atoms with Crippen molar-refractivity contribution in [2.24, 2.45) is 0 Å². The minimum Gasteiger partial charge on any atom is -0.325 e. The van der Waals surface area contributed by atoms with E-state index >= 15 is 0 Å². The van der Waals surface area contributed by atoms with Gasteiger partial charge in [0.15, 0.2) is 5.82 Å². The van der Waals surface area contributed by atoms with Crippen LogP contribution in [0, 0.1) is 11.6 Å². The number of anilines is 1. The Bertz CT molecular complexity index is 1250. The normalized spacial score (nSPS) is 17.3. The fourth-order valence-electron chi connectivity index (χ4n) is 3.50. The first-order valence-corrected chi connectivity index (χ1v) is 10.7. The second-order valence-corrected chi connectivity index (χ2v) is 8.31. The first-order chi connectivity index (χ1) is 15.6. The second kappa shape index (κ2) is 8.43. The summed E-state index contributed by atoms with van der Waals surface area (Å²) in [4.78, 5) is 13.2. The molecule has 2 N–H and O–H groups in total. The maximum absolute atomic E-state index is 13.5. The lowest BCUT2D eigenvalue weighted by Crippen LogP contribution is -2.41. The monoisotopic (exact) mass is 449 g/mol. The van der Waals surface area contributed by atoms with Gasteiger partial charge in [0.2, 0.25) is 11.1 Å². The average Bonchev–Trinajstić information content (AvgIpc) is 3.24. The van der Waals surface area contributed by atoms with E-state index in [4.69, 9.17) is 0 Å². The highest BCUT2D eigenvalue weighted by Crippen LogP contribution is 2.39. The molecule has 1 aliphatic heterocycles. The van der Waals surface area contributed by atoms with Crippen LogP contribution in [0.3, 0.4) is 0 Å². The largest absolute Gasteiger partial charge is 0.325 e. The standard InChI is InChI=1S/C23H17F2N5OS/c24-16-8-6-14(7-9-16)19-20(22(31)26-18-12-10-17(25)11-13-18)32-23-28-27-21(30(23)29-19)15-4-2-1-3-5-15/h1-13,19-20,29H,(H,26,31)/t19-,20-/m0/s1. The summed E-state index contributed by atoms with van der Waals surface area (Å²) in [5.74, 6) is -0.432. The van der Waals surface area contributed by atoms with Crippen molar-refractivity contribution in [3.63, 3.8) is 0 Å². The summed E-state index contributed by atoms with van der Waals surface area (Å²) in [7, 11) is 0. The Hall–Kier alpha value is -3.72. The lowest BCUT2D eigenvalue weighted by molar-refractivity contribution is -0.116. The van der Waals surface area contributed by atoms with Crippen LogP contribution in [0.25, 0.3) is 11.4 Å². The van der Waals surface area contributed by atoms with Crippen molar-refractivity contribution in [1.82, 2.24) is 14.9 Å². The Morgan fingerprint density at radius 2 is 1.56 bits per heavy atom. The zero-order chi connectivity index (χ0) is 22.1. The highest BCUT2D eigenvalue weighted by Gasteiger charge is 2.38. The maximum Gasteiger partial charge on any atom is 0.240 e. The minimum absolute atomic E-state index is 0.293. The molecule has 32 heavy (non-hydrogen) atoms. The zero-order valence-corrected chi connectivity index (χ0v) is 17.4. The predicted octanol–water partition coefficient (Wildman–Crippen LogP) is 4.62. The molecule has 0 unspecified atom stereocenters. The molecule has 3 aromatic carbocycles. The molecule has 1 aromatic heterocycles. The van der Waals surface area contributed by atoms with Crippen molar-refractivity contribution in [3.05, 3.63) is 96.1 Å². The number of thioether (sulfide) groups is 1. The molecule has 2 atom stereocenters. The van der Waals surface area contributed by atoms with E-state index in [1.165, 1.54) is 48.2 Å².